The number of nitrogens with two attached hydrogens (primary N) is 1. The van der Waals surface area contributed by atoms with Crippen LogP contribution in [0.3, 0.4) is 0 Å². The summed E-state index contributed by atoms with van der Waals surface area (Å²) in [6.45, 7) is 0. The number of nitrogens with one attached hydrogen (secondary N) is 1. The molecule has 126 valence electrons. The first-order valence-corrected chi connectivity index (χ1v) is 8.64. The average Bonchev–Trinajstić information content (AvgIpc) is 3.26. The van der Waals surface area contributed by atoms with Crippen molar-refractivity contribution in [2.75, 3.05) is 5.32 Å². The fraction of sp³-hybridized carbons (Fsp3) is 0.200. The van der Waals surface area contributed by atoms with Crippen LogP contribution in [-0.4, -0.2) is 19.4 Å². The van der Waals surface area contributed by atoms with Gasteiger partial charge in [-0.1, -0.05) is 18.2 Å². The van der Waals surface area contributed by atoms with E-state index in [0.29, 0.717) is 6.42 Å². The van der Waals surface area contributed by atoms with Crippen molar-refractivity contribution in [3.8, 4) is 0 Å². The first kappa shape index (κ1) is 16.3. The average molecular weight is 351 g/mol. The van der Waals surface area contributed by atoms with Gasteiger partial charge in [0.2, 0.25) is 10.0 Å². The van der Waals surface area contributed by atoms with Gasteiger partial charge in [0.15, 0.2) is 4.90 Å². The third kappa shape index (κ3) is 3.22. The fourth-order valence-electron chi connectivity index (χ4n) is 2.69. The highest BCUT2D eigenvalue weighted by Gasteiger charge is 2.40. The van der Waals surface area contributed by atoms with E-state index in [0.717, 1.165) is 11.6 Å². The van der Waals surface area contributed by atoms with Crippen molar-refractivity contribution in [3.63, 3.8) is 0 Å². The molecule has 3 rings (SSSR count). The smallest absolute Gasteiger partial charge is 0.312 e. The molecule has 1 aliphatic carbocycles. The molecule has 0 bridgehead atoms. The van der Waals surface area contributed by atoms with Gasteiger partial charge >= 0.3 is 5.69 Å². The quantitative estimate of drug-likeness (QED) is 0.634. The fourth-order valence-corrected chi connectivity index (χ4v) is 3.41. The van der Waals surface area contributed by atoms with Gasteiger partial charge < -0.3 is 5.32 Å². The van der Waals surface area contributed by atoms with E-state index in [1.165, 1.54) is 24.3 Å². The number of nitro groups is 1. The molecule has 0 amide bonds. The lowest BCUT2D eigenvalue weighted by molar-refractivity contribution is -0.386. The molecule has 0 heterocycles. The number of sulfonamides is 1. The Morgan fingerprint density at radius 2 is 1.88 bits per heavy atom. The van der Waals surface area contributed by atoms with Crippen LogP contribution in [0.15, 0.2) is 47.4 Å². The molecule has 0 saturated heterocycles. The van der Waals surface area contributed by atoms with Crippen LogP contribution < -0.4 is 10.5 Å². The molecule has 24 heavy (non-hydrogen) atoms. The predicted molar refractivity (Wildman–Crippen MR) is 85.6 cm³/mol. The lowest BCUT2D eigenvalue weighted by Gasteiger charge is -2.09. The van der Waals surface area contributed by atoms with Crippen LogP contribution >= 0.6 is 0 Å². The number of nitrogens with zero attached hydrogens (tertiary/aromatic N) is 1. The zero-order valence-corrected chi connectivity index (χ0v) is 13.2. The van der Waals surface area contributed by atoms with Gasteiger partial charge in [-0.15, -0.1) is 0 Å². The minimum Gasteiger partial charge on any atom is -0.376 e. The highest BCUT2D eigenvalue weighted by Crippen LogP contribution is 2.44. The summed E-state index contributed by atoms with van der Waals surface area (Å²) in [5.74, 6) is -0.247. The summed E-state index contributed by atoms with van der Waals surface area (Å²) in [7, 11) is -4.21. The third-order valence-corrected chi connectivity index (χ3v) is 4.86. The minimum absolute atomic E-state index is 0.0864. The van der Waals surface area contributed by atoms with Crippen LogP contribution in [0.25, 0.3) is 0 Å². The SMILES string of the molecule is NS(=O)(=O)c1cccc(N[C@@H]2C[C@H]2c2ccc(F)cc2)c1[N+](=O)[O-]. The van der Waals surface area contributed by atoms with Gasteiger partial charge in [-0.05, 0) is 36.2 Å². The van der Waals surface area contributed by atoms with Crippen molar-refractivity contribution in [3.05, 3.63) is 64.0 Å². The monoisotopic (exact) mass is 351 g/mol. The predicted octanol–water partition coefficient (Wildman–Crippen LogP) is 2.35. The molecule has 3 N–H and O–H groups in total. The molecule has 0 aromatic heterocycles. The normalized spacial score (nSPS) is 19.8. The molecule has 0 spiro atoms. The molecular formula is C15H14FN3O4S. The Morgan fingerprint density at radius 1 is 1.21 bits per heavy atom. The van der Waals surface area contributed by atoms with Gasteiger partial charge in [0, 0.05) is 12.0 Å². The number of primary sulfonamides is 1. The highest BCUT2D eigenvalue weighted by molar-refractivity contribution is 7.89. The van der Waals surface area contributed by atoms with E-state index in [9.17, 15) is 22.9 Å². The first-order valence-electron chi connectivity index (χ1n) is 7.09. The molecule has 2 atom stereocenters. The van der Waals surface area contributed by atoms with Gasteiger partial charge in [-0.2, -0.15) is 0 Å². The zero-order chi connectivity index (χ0) is 17.5. The third-order valence-electron chi connectivity index (χ3n) is 3.92. The summed E-state index contributed by atoms with van der Waals surface area (Å²) in [6, 6.07) is 9.88. The second-order valence-corrected chi connectivity index (χ2v) is 7.13. The summed E-state index contributed by atoms with van der Waals surface area (Å²) < 4.78 is 36.0. The largest absolute Gasteiger partial charge is 0.376 e. The molecule has 2 aromatic rings. The Hall–Kier alpha value is -2.52. The second-order valence-electron chi connectivity index (χ2n) is 5.60. The Labute approximate surface area is 137 Å². The zero-order valence-electron chi connectivity index (χ0n) is 12.3. The number of rotatable bonds is 5. The van der Waals surface area contributed by atoms with Crippen LogP contribution in [0.1, 0.15) is 17.9 Å². The van der Waals surface area contributed by atoms with Crippen molar-refractivity contribution < 1.29 is 17.7 Å². The number of hydrogen-bond donors (Lipinski definition) is 2. The number of anilines is 1. The number of hydrogen-bond acceptors (Lipinski definition) is 5. The maximum absolute atomic E-state index is 13.0. The van der Waals surface area contributed by atoms with E-state index in [-0.39, 0.29) is 23.5 Å². The summed E-state index contributed by atoms with van der Waals surface area (Å²) in [4.78, 5) is 9.99. The molecule has 1 saturated carbocycles. The lowest BCUT2D eigenvalue weighted by atomic mass is 10.1. The summed E-state index contributed by atoms with van der Waals surface area (Å²) >= 11 is 0. The molecule has 9 heteroatoms. The summed E-state index contributed by atoms with van der Waals surface area (Å²) in [6.07, 6.45) is 0.711. The second kappa shape index (κ2) is 5.84. The molecule has 0 aliphatic heterocycles. The Morgan fingerprint density at radius 3 is 2.46 bits per heavy atom. The number of benzene rings is 2. The van der Waals surface area contributed by atoms with Crippen LogP contribution in [0, 0.1) is 15.9 Å². The first-order chi connectivity index (χ1) is 11.3. The standard InChI is InChI=1S/C15H14FN3O4S/c16-10-6-4-9(5-7-10)11-8-13(11)18-12-2-1-3-14(24(17,22)23)15(12)19(20)21/h1-7,11,13,18H,8H2,(H2,17,22,23)/t11-,13+/m0/s1. The van der Waals surface area contributed by atoms with Crippen molar-refractivity contribution >= 4 is 21.4 Å². The van der Waals surface area contributed by atoms with Crippen molar-refractivity contribution in [2.24, 2.45) is 5.14 Å². The van der Waals surface area contributed by atoms with Crippen LogP contribution in [0.5, 0.6) is 0 Å². The van der Waals surface area contributed by atoms with Crippen molar-refractivity contribution in [1.82, 2.24) is 0 Å². The van der Waals surface area contributed by atoms with Crippen LogP contribution in [0.4, 0.5) is 15.8 Å². The minimum atomic E-state index is -4.21. The van der Waals surface area contributed by atoms with Gasteiger partial charge in [0.25, 0.3) is 0 Å². The Bertz CT molecular complexity index is 899. The summed E-state index contributed by atoms with van der Waals surface area (Å²) in [5, 5.41) is 19.3. The number of nitro benzene ring substituents is 1. The Kier molecular flexibility index (Phi) is 3.98. The lowest BCUT2D eigenvalue weighted by Crippen LogP contribution is -2.16. The number of para-hydroxylation sites is 1. The number of halogens is 1. The van der Waals surface area contributed by atoms with Crippen molar-refractivity contribution in [2.45, 2.75) is 23.3 Å². The van der Waals surface area contributed by atoms with Gasteiger partial charge in [0.05, 0.1) is 4.92 Å². The highest BCUT2D eigenvalue weighted by atomic mass is 32.2. The molecule has 0 radical (unpaired) electrons. The maximum Gasteiger partial charge on any atom is 0.312 e. The van der Waals surface area contributed by atoms with Crippen LogP contribution in [-0.2, 0) is 10.0 Å². The molecule has 1 fully saturated rings. The summed E-state index contributed by atoms with van der Waals surface area (Å²) in [5.41, 5.74) is 0.449. The van der Waals surface area contributed by atoms with E-state index in [1.807, 2.05) is 0 Å². The maximum atomic E-state index is 13.0. The van der Waals surface area contributed by atoms with Gasteiger partial charge in [0.1, 0.15) is 11.5 Å². The van der Waals surface area contributed by atoms with Crippen LogP contribution in [0.2, 0.25) is 0 Å². The topological polar surface area (TPSA) is 115 Å². The molecular weight excluding hydrogens is 337 g/mol. The van der Waals surface area contributed by atoms with E-state index >= 15 is 0 Å². The van der Waals surface area contributed by atoms with E-state index in [4.69, 9.17) is 5.14 Å². The van der Waals surface area contributed by atoms with Gasteiger partial charge in [-0.3, -0.25) is 10.1 Å². The van der Waals surface area contributed by atoms with Crippen molar-refractivity contribution in [1.29, 1.82) is 0 Å². The molecule has 0 unspecified atom stereocenters. The van der Waals surface area contributed by atoms with E-state index in [2.05, 4.69) is 5.32 Å². The molecule has 1 aliphatic rings. The van der Waals surface area contributed by atoms with E-state index < -0.39 is 25.5 Å². The molecule has 7 nitrogen and oxygen atoms in total. The molecule has 2 aromatic carbocycles. The van der Waals surface area contributed by atoms with E-state index in [1.54, 1.807) is 12.1 Å². The Balaban J connectivity index is 1.87. The van der Waals surface area contributed by atoms with Gasteiger partial charge in [-0.25, -0.2) is 17.9 Å².